The lowest BCUT2D eigenvalue weighted by molar-refractivity contribution is 0.625. The lowest BCUT2D eigenvalue weighted by Gasteiger charge is -2.02. The molecule has 0 N–H and O–H groups in total. The van der Waals surface area contributed by atoms with Crippen LogP contribution in [0.5, 0.6) is 0 Å². The van der Waals surface area contributed by atoms with E-state index in [2.05, 4.69) is 18.6 Å². The normalized spacial score (nSPS) is 25.3. The molecule has 0 fully saturated rings. The topological polar surface area (TPSA) is 0 Å². The molecule has 0 heteroatoms. The van der Waals surface area contributed by atoms with E-state index in [9.17, 15) is 0 Å². The van der Waals surface area contributed by atoms with Crippen molar-refractivity contribution in [2.24, 2.45) is 0 Å². The van der Waals surface area contributed by atoms with Crippen molar-refractivity contribution in [3.05, 3.63) is 18.6 Å². The molecule has 0 unspecified atom stereocenters. The van der Waals surface area contributed by atoms with Gasteiger partial charge in [-0.1, -0.05) is 37.8 Å². The summed E-state index contributed by atoms with van der Waals surface area (Å²) in [5.41, 5.74) is 0. The molecule has 0 saturated carbocycles. The zero-order valence-electron chi connectivity index (χ0n) is 8.10. The highest BCUT2D eigenvalue weighted by Gasteiger charge is 1.93. The summed E-state index contributed by atoms with van der Waals surface area (Å²) in [6, 6.07) is 0. The van der Waals surface area contributed by atoms with Crippen LogP contribution in [0.2, 0.25) is 0 Å². The summed E-state index contributed by atoms with van der Waals surface area (Å²) in [6.07, 6.45) is 19.5. The molecule has 0 bridgehead atoms. The number of allylic oxidation sites excluding steroid dienone is 2. The Hall–Kier alpha value is -0.260. The second-order valence-electron chi connectivity index (χ2n) is 3.68. The molecule has 0 atom stereocenters. The average Bonchev–Trinajstić information content (AvgIpc) is 2.05. The summed E-state index contributed by atoms with van der Waals surface area (Å²) < 4.78 is 0. The SMILES string of the molecule is [CH]1CCC/C=C\CCCCCC1. The number of hydrogen-bond donors (Lipinski definition) is 0. The van der Waals surface area contributed by atoms with Crippen LogP contribution in [0.1, 0.15) is 57.8 Å². The molecule has 12 heavy (non-hydrogen) atoms. The van der Waals surface area contributed by atoms with E-state index in [1.165, 1.54) is 57.8 Å². The summed E-state index contributed by atoms with van der Waals surface area (Å²) in [5, 5.41) is 0. The molecule has 0 aromatic rings. The predicted molar refractivity (Wildman–Crippen MR) is 55.0 cm³/mol. The highest BCUT2D eigenvalue weighted by atomic mass is 14.0. The van der Waals surface area contributed by atoms with Crippen molar-refractivity contribution >= 4 is 0 Å². The molecule has 1 radical (unpaired) electrons. The average molecular weight is 165 g/mol. The highest BCUT2D eigenvalue weighted by molar-refractivity contribution is 4.82. The fourth-order valence-corrected chi connectivity index (χ4v) is 1.66. The fraction of sp³-hybridized carbons (Fsp3) is 0.750. The van der Waals surface area contributed by atoms with E-state index in [0.29, 0.717) is 0 Å². The van der Waals surface area contributed by atoms with Crippen molar-refractivity contribution in [1.29, 1.82) is 0 Å². The molecule has 1 aliphatic carbocycles. The number of rotatable bonds is 0. The Labute approximate surface area is 77.1 Å². The van der Waals surface area contributed by atoms with Gasteiger partial charge < -0.3 is 0 Å². The van der Waals surface area contributed by atoms with E-state index in [1.54, 1.807) is 0 Å². The Kier molecular flexibility index (Phi) is 6.05. The minimum absolute atomic E-state index is 1.29. The zero-order chi connectivity index (χ0) is 8.49. The minimum atomic E-state index is 1.29. The van der Waals surface area contributed by atoms with Crippen LogP contribution in [0, 0.1) is 6.42 Å². The summed E-state index contributed by atoms with van der Waals surface area (Å²) in [6.45, 7) is 0. The molecule has 0 aromatic heterocycles. The van der Waals surface area contributed by atoms with Crippen LogP contribution in [0.3, 0.4) is 0 Å². The molecule has 0 spiro atoms. The molecule has 0 nitrogen and oxygen atoms in total. The maximum absolute atomic E-state index is 2.47. The Morgan fingerprint density at radius 3 is 1.92 bits per heavy atom. The van der Waals surface area contributed by atoms with Gasteiger partial charge in [0.2, 0.25) is 0 Å². The molecule has 0 saturated heterocycles. The summed E-state index contributed by atoms with van der Waals surface area (Å²) in [4.78, 5) is 0. The second-order valence-corrected chi connectivity index (χ2v) is 3.68. The van der Waals surface area contributed by atoms with E-state index in [1.807, 2.05) is 0 Å². The van der Waals surface area contributed by atoms with E-state index in [4.69, 9.17) is 0 Å². The maximum Gasteiger partial charge on any atom is -0.0351 e. The van der Waals surface area contributed by atoms with Crippen LogP contribution in [0.25, 0.3) is 0 Å². The monoisotopic (exact) mass is 165 g/mol. The van der Waals surface area contributed by atoms with Crippen molar-refractivity contribution in [3.63, 3.8) is 0 Å². The summed E-state index contributed by atoms with van der Waals surface area (Å²) >= 11 is 0. The van der Waals surface area contributed by atoms with Gasteiger partial charge in [-0.05, 0) is 38.5 Å². The largest absolute Gasteiger partial charge is 0.0885 e. The van der Waals surface area contributed by atoms with Gasteiger partial charge in [0.25, 0.3) is 0 Å². The van der Waals surface area contributed by atoms with Gasteiger partial charge in [-0.2, -0.15) is 0 Å². The molecule has 0 heterocycles. The molecular formula is C12H21. The van der Waals surface area contributed by atoms with Crippen molar-refractivity contribution in [1.82, 2.24) is 0 Å². The molecule has 0 aromatic carbocycles. The third kappa shape index (κ3) is 5.40. The quantitative estimate of drug-likeness (QED) is 0.470. The summed E-state index contributed by atoms with van der Waals surface area (Å²) in [5.74, 6) is 0. The molecule has 0 aliphatic heterocycles. The van der Waals surface area contributed by atoms with Crippen molar-refractivity contribution < 1.29 is 0 Å². The van der Waals surface area contributed by atoms with Crippen LogP contribution >= 0.6 is 0 Å². The van der Waals surface area contributed by atoms with Gasteiger partial charge in [0.1, 0.15) is 0 Å². The van der Waals surface area contributed by atoms with Gasteiger partial charge in [-0.15, -0.1) is 0 Å². The predicted octanol–water partition coefficient (Wildman–Crippen LogP) is 4.27. The molecular weight excluding hydrogens is 144 g/mol. The Balaban J connectivity index is 2.10. The maximum atomic E-state index is 2.47. The van der Waals surface area contributed by atoms with E-state index in [0.717, 1.165) is 0 Å². The molecule has 69 valence electrons. The van der Waals surface area contributed by atoms with Gasteiger partial charge in [-0.3, -0.25) is 0 Å². The van der Waals surface area contributed by atoms with Gasteiger partial charge in [-0.25, -0.2) is 0 Å². The van der Waals surface area contributed by atoms with Gasteiger partial charge in [0.15, 0.2) is 0 Å². The van der Waals surface area contributed by atoms with E-state index in [-0.39, 0.29) is 0 Å². The van der Waals surface area contributed by atoms with E-state index >= 15 is 0 Å². The molecule has 0 amide bonds. The third-order valence-corrected chi connectivity index (χ3v) is 2.47. The number of hydrogen-bond acceptors (Lipinski definition) is 0. The molecule has 1 aliphatic rings. The van der Waals surface area contributed by atoms with Crippen LogP contribution in [-0.2, 0) is 0 Å². The second kappa shape index (κ2) is 7.39. The first-order valence-corrected chi connectivity index (χ1v) is 5.47. The minimum Gasteiger partial charge on any atom is -0.0885 e. The van der Waals surface area contributed by atoms with Crippen LogP contribution in [0.15, 0.2) is 12.2 Å². The smallest absolute Gasteiger partial charge is 0.0351 e. The summed E-state index contributed by atoms with van der Waals surface area (Å²) in [7, 11) is 0. The first-order chi connectivity index (χ1) is 6.00. The third-order valence-electron chi connectivity index (χ3n) is 2.47. The Morgan fingerprint density at radius 2 is 1.08 bits per heavy atom. The first-order valence-electron chi connectivity index (χ1n) is 5.47. The van der Waals surface area contributed by atoms with E-state index < -0.39 is 0 Å². The van der Waals surface area contributed by atoms with Crippen LogP contribution in [0.4, 0.5) is 0 Å². The van der Waals surface area contributed by atoms with Gasteiger partial charge >= 0.3 is 0 Å². The highest BCUT2D eigenvalue weighted by Crippen LogP contribution is 2.11. The molecule has 1 rings (SSSR count). The Morgan fingerprint density at radius 1 is 0.500 bits per heavy atom. The van der Waals surface area contributed by atoms with Gasteiger partial charge in [0, 0.05) is 0 Å². The standard InChI is InChI=1S/C12H21/c1-2-4-6-8-10-12-11-9-7-5-3-1/h1-2,9H,3-8,10-12H2/b2-1-. The van der Waals surface area contributed by atoms with Crippen molar-refractivity contribution in [2.75, 3.05) is 0 Å². The van der Waals surface area contributed by atoms with Crippen molar-refractivity contribution in [2.45, 2.75) is 57.8 Å². The fourth-order valence-electron chi connectivity index (χ4n) is 1.66. The van der Waals surface area contributed by atoms with Crippen LogP contribution < -0.4 is 0 Å². The zero-order valence-corrected chi connectivity index (χ0v) is 8.10. The first kappa shape index (κ1) is 9.83. The van der Waals surface area contributed by atoms with Gasteiger partial charge in [0.05, 0.1) is 0 Å². The lowest BCUT2D eigenvalue weighted by Crippen LogP contribution is -1.83. The van der Waals surface area contributed by atoms with Crippen molar-refractivity contribution in [3.8, 4) is 0 Å². The lowest BCUT2D eigenvalue weighted by atomic mass is 10.0. The van der Waals surface area contributed by atoms with Crippen LogP contribution in [-0.4, -0.2) is 0 Å². The Bertz CT molecular complexity index is 99.2.